The molecule has 3 atom stereocenters. The van der Waals surface area contributed by atoms with Crippen molar-refractivity contribution in [2.75, 3.05) is 36.4 Å². The molecule has 2 spiro atoms. The number of pyridine rings is 1. The highest BCUT2D eigenvalue weighted by Gasteiger charge is 2.56. The molecule has 232 valence electrons. The second-order valence-corrected chi connectivity index (χ2v) is 13.3. The summed E-state index contributed by atoms with van der Waals surface area (Å²) < 4.78 is 11.8. The van der Waals surface area contributed by atoms with Crippen LogP contribution >= 0.6 is 0 Å². The summed E-state index contributed by atoms with van der Waals surface area (Å²) in [6, 6.07) is 13.1. The largest absolute Gasteiger partial charge is 0.459 e. The van der Waals surface area contributed by atoms with Gasteiger partial charge in [-0.2, -0.15) is 4.79 Å². The minimum absolute atomic E-state index is 0.0152. The van der Waals surface area contributed by atoms with Gasteiger partial charge in [-0.1, -0.05) is 49.6 Å². The summed E-state index contributed by atoms with van der Waals surface area (Å²) in [5.74, 6) is 0.234. The number of hydrogen-bond donors (Lipinski definition) is 1. The molecule has 1 saturated carbocycles. The molecule has 6 heterocycles. The molecule has 1 amide bonds. The predicted molar refractivity (Wildman–Crippen MR) is 162 cm³/mol. The molecule has 44 heavy (non-hydrogen) atoms. The van der Waals surface area contributed by atoms with E-state index < -0.39 is 11.5 Å². The lowest BCUT2D eigenvalue weighted by molar-refractivity contribution is -0.150. The lowest BCUT2D eigenvalue weighted by Crippen LogP contribution is -2.63. The van der Waals surface area contributed by atoms with E-state index in [0.29, 0.717) is 26.1 Å². The molecule has 11 nitrogen and oxygen atoms in total. The molecule has 1 aliphatic carbocycles. The van der Waals surface area contributed by atoms with E-state index in [2.05, 4.69) is 22.5 Å². The number of nitrogens with one attached hydrogen (secondary N) is 1. The number of fused-ring (bicyclic) bond motifs is 1. The van der Waals surface area contributed by atoms with E-state index in [1.807, 2.05) is 40.2 Å². The van der Waals surface area contributed by atoms with Gasteiger partial charge in [-0.05, 0) is 56.2 Å². The Hall–Kier alpha value is -3.70. The summed E-state index contributed by atoms with van der Waals surface area (Å²) in [7, 11) is 0. The monoisotopic (exact) mass is 600 g/mol. The van der Waals surface area contributed by atoms with Gasteiger partial charge in [0.1, 0.15) is 30.3 Å². The first kappa shape index (κ1) is 27.8. The Morgan fingerprint density at radius 3 is 2.68 bits per heavy atom. The number of amides is 1. The van der Waals surface area contributed by atoms with Gasteiger partial charge in [-0.15, -0.1) is 5.10 Å². The van der Waals surface area contributed by atoms with E-state index in [-0.39, 0.29) is 36.5 Å². The fraction of sp³-hybridized carbons (Fsp3) is 0.576. The molecule has 0 radical (unpaired) electrons. The zero-order valence-electron chi connectivity index (χ0n) is 25.1. The van der Waals surface area contributed by atoms with Crippen LogP contribution in [0.5, 0.6) is 0 Å². The average molecular weight is 601 g/mol. The maximum Gasteiger partial charge on any atom is 0.329 e. The Morgan fingerprint density at radius 1 is 1.05 bits per heavy atom. The molecule has 8 rings (SSSR count). The smallest absolute Gasteiger partial charge is 0.329 e. The summed E-state index contributed by atoms with van der Waals surface area (Å²) >= 11 is 0. The first-order chi connectivity index (χ1) is 21.5. The van der Waals surface area contributed by atoms with Gasteiger partial charge >= 0.3 is 5.97 Å². The van der Waals surface area contributed by atoms with Crippen LogP contribution in [0, 0.1) is 5.41 Å². The van der Waals surface area contributed by atoms with Crippen LogP contribution in [0.3, 0.4) is 0 Å². The summed E-state index contributed by atoms with van der Waals surface area (Å²) in [5, 5.41) is 12.3. The first-order valence-electron chi connectivity index (χ1n) is 16.2. The van der Waals surface area contributed by atoms with Crippen molar-refractivity contribution in [3.05, 3.63) is 53.7 Å². The number of carbonyl (C=O) groups is 2. The van der Waals surface area contributed by atoms with Gasteiger partial charge in [-0.25, -0.2) is 14.8 Å². The van der Waals surface area contributed by atoms with Crippen molar-refractivity contribution < 1.29 is 23.9 Å². The molecule has 5 fully saturated rings. The van der Waals surface area contributed by atoms with E-state index in [0.717, 1.165) is 66.8 Å². The first-order valence-corrected chi connectivity index (χ1v) is 16.2. The number of benzene rings is 1. The lowest BCUT2D eigenvalue weighted by Gasteiger charge is -2.53. The van der Waals surface area contributed by atoms with Crippen LogP contribution in [0.2, 0.25) is 0 Å². The minimum Gasteiger partial charge on any atom is -0.459 e. The van der Waals surface area contributed by atoms with Gasteiger partial charge in [0.15, 0.2) is 0 Å². The van der Waals surface area contributed by atoms with E-state index in [1.165, 1.54) is 19.3 Å². The summed E-state index contributed by atoms with van der Waals surface area (Å²) in [5.41, 5.74) is 2.92. The number of carbonyl (C=O) groups excluding carboxylic acids is 2. The van der Waals surface area contributed by atoms with Crippen molar-refractivity contribution in [3.8, 4) is 0 Å². The molecule has 3 aromatic rings. The number of rotatable bonds is 6. The molecular weight excluding hydrogens is 560 g/mol. The van der Waals surface area contributed by atoms with E-state index in [9.17, 15) is 9.59 Å². The quantitative estimate of drug-likeness (QED) is 0.419. The summed E-state index contributed by atoms with van der Waals surface area (Å²) in [6.07, 6.45) is 9.90. The maximum atomic E-state index is 13.4. The van der Waals surface area contributed by atoms with Crippen LogP contribution in [0.25, 0.3) is 11.0 Å². The van der Waals surface area contributed by atoms with E-state index in [4.69, 9.17) is 24.4 Å². The number of esters is 1. The molecule has 4 saturated heterocycles. The zero-order valence-corrected chi connectivity index (χ0v) is 25.1. The van der Waals surface area contributed by atoms with Gasteiger partial charge < -0.3 is 14.8 Å². The second kappa shape index (κ2) is 11.0. The molecule has 1 N–H and O–H groups in total. The fourth-order valence-corrected chi connectivity index (χ4v) is 7.97. The Labute approximate surface area is 256 Å². The van der Waals surface area contributed by atoms with Crippen LogP contribution in [0.15, 0.2) is 42.5 Å². The predicted octanol–water partition coefficient (Wildman–Crippen LogP) is 4.09. The molecule has 11 heteroatoms. The van der Waals surface area contributed by atoms with Crippen molar-refractivity contribution >= 4 is 28.7 Å². The van der Waals surface area contributed by atoms with Gasteiger partial charge in [0.25, 0.3) is 0 Å². The second-order valence-electron chi connectivity index (χ2n) is 13.3. The lowest BCUT2D eigenvalue weighted by atomic mass is 9.79. The molecule has 0 bridgehead atoms. The number of aromatic nitrogens is 3. The van der Waals surface area contributed by atoms with Crippen LogP contribution in [0.1, 0.15) is 81.6 Å². The third kappa shape index (κ3) is 4.72. The van der Waals surface area contributed by atoms with E-state index in [1.54, 1.807) is 0 Å². The Bertz CT molecular complexity index is 1550. The topological polar surface area (TPSA) is 111 Å². The van der Waals surface area contributed by atoms with Crippen molar-refractivity contribution in [3.63, 3.8) is 0 Å². The fourth-order valence-electron chi connectivity index (χ4n) is 7.97. The molecule has 2 unspecified atom stereocenters. The standard InChI is InChI=1S/C33H40N6O5/c40-27-19-32(29(35-27)31(41)43-20-23-9-3-1-4-10-23)16-17-37(21-32)39-25-13-12-24(26-11-5-8-18-42-26)34-28(25)30(36-39)38-33(22-44-38)14-6-2-7-15-33/h1,3-4,9-10,12-13,26,29H,2,5-8,11,14-22H2,(H,35,40)/t26?,29?,32-/m1/s1. The van der Waals surface area contributed by atoms with Crippen molar-refractivity contribution in [1.82, 2.24) is 20.2 Å². The maximum absolute atomic E-state index is 13.4. The molecule has 4 aliphatic heterocycles. The molecular formula is C33H40N6O5. The third-order valence-corrected chi connectivity index (χ3v) is 10.4. The van der Waals surface area contributed by atoms with Crippen molar-refractivity contribution in [2.24, 2.45) is 5.41 Å². The molecule has 5 aliphatic rings. The number of hydroxylamine groups is 1. The summed E-state index contributed by atoms with van der Waals surface area (Å²) in [4.78, 5) is 39.4. The minimum atomic E-state index is -0.706. The van der Waals surface area contributed by atoms with Crippen molar-refractivity contribution in [2.45, 2.75) is 88.5 Å². The van der Waals surface area contributed by atoms with Gasteiger partial charge in [0, 0.05) is 31.5 Å². The van der Waals surface area contributed by atoms with E-state index >= 15 is 0 Å². The third-order valence-electron chi connectivity index (χ3n) is 10.4. The highest BCUT2D eigenvalue weighted by molar-refractivity contribution is 5.91. The van der Waals surface area contributed by atoms with Crippen LogP contribution in [0.4, 0.5) is 5.82 Å². The number of anilines is 1. The highest BCUT2D eigenvalue weighted by atomic mass is 16.7. The highest BCUT2D eigenvalue weighted by Crippen LogP contribution is 2.46. The van der Waals surface area contributed by atoms with Crippen LogP contribution < -0.4 is 15.4 Å². The Kier molecular flexibility index (Phi) is 6.97. The SMILES string of the molecule is O=C1C[C@@]2(CCN(n3nc(N4OCC45CCCCC5)c4nc(C5CCCCO5)ccc43)C2)C(C(=O)OCc2ccccc2)N1. The zero-order chi connectivity index (χ0) is 29.7. The number of hydrogen-bond acceptors (Lipinski definition) is 9. The number of nitrogens with zero attached hydrogens (tertiary/aromatic N) is 5. The Morgan fingerprint density at radius 2 is 1.91 bits per heavy atom. The van der Waals surface area contributed by atoms with Gasteiger partial charge in [-0.3, -0.25) is 14.6 Å². The molecule has 2 aromatic heterocycles. The summed E-state index contributed by atoms with van der Waals surface area (Å²) in [6.45, 7) is 2.78. The van der Waals surface area contributed by atoms with Gasteiger partial charge in [0.05, 0.1) is 17.3 Å². The average Bonchev–Trinajstić information content (AvgIpc) is 3.75. The molecule has 1 aromatic carbocycles. The van der Waals surface area contributed by atoms with Crippen LogP contribution in [-0.2, 0) is 30.5 Å². The Balaban J connectivity index is 1.10. The number of ether oxygens (including phenoxy) is 2. The van der Waals surface area contributed by atoms with Crippen molar-refractivity contribution in [1.29, 1.82) is 0 Å². The van der Waals surface area contributed by atoms with Crippen LogP contribution in [-0.4, -0.2) is 64.6 Å². The normalized spacial score (nSPS) is 28.0. The van der Waals surface area contributed by atoms with Gasteiger partial charge in [0.2, 0.25) is 11.7 Å².